The normalized spacial score (nSPS) is 8.44. The van der Waals surface area contributed by atoms with Gasteiger partial charge in [0.25, 0.3) is 0 Å². The molecule has 0 unspecified atom stereocenters. The maximum atomic E-state index is 9.89. The molecule has 5 heteroatoms. The summed E-state index contributed by atoms with van der Waals surface area (Å²) in [5, 5.41) is 18.8. The molecule has 8 N–H and O–H groups in total. The third-order valence-electron chi connectivity index (χ3n) is 1.48. The van der Waals surface area contributed by atoms with E-state index in [1.54, 1.807) is 13.0 Å². The van der Waals surface area contributed by atoms with Crippen LogP contribution in [0.2, 0.25) is 0 Å². The summed E-state index contributed by atoms with van der Waals surface area (Å²) in [6.45, 7) is 3.72. The predicted octanol–water partition coefficient (Wildman–Crippen LogP) is 1.38. The van der Waals surface area contributed by atoms with E-state index in [0.29, 0.717) is 0 Å². The average molecular weight is 236 g/mol. The molecule has 0 saturated carbocycles. The molecule has 0 fully saturated rings. The molecular weight excluding hydrogens is 208 g/mol. The lowest BCUT2D eigenvalue weighted by atomic mass is 10.1. The largest absolute Gasteiger partial charge is 0.855 e. The predicted molar refractivity (Wildman–Crippen MR) is 65.4 cm³/mol. The van der Waals surface area contributed by atoms with Crippen molar-refractivity contribution in [1.82, 2.24) is 12.3 Å². The number of carbonyl (C=O) groups is 1. The highest BCUT2D eigenvalue weighted by Gasteiger charge is 1.83. The van der Waals surface area contributed by atoms with E-state index in [4.69, 9.17) is 5.11 Å². The fourth-order valence-electron chi connectivity index (χ4n) is 0.869. The van der Waals surface area contributed by atoms with Gasteiger partial charge in [0.15, 0.2) is 0 Å². The van der Waals surface area contributed by atoms with Gasteiger partial charge in [-0.25, -0.2) is 0 Å². The monoisotopic (exact) mass is 236 g/mol. The molecule has 0 aromatic rings. The number of rotatable bonds is 6. The number of carboxylic acid groups (broad SMARTS) is 1. The van der Waals surface area contributed by atoms with Gasteiger partial charge in [0.1, 0.15) is 0 Å². The summed E-state index contributed by atoms with van der Waals surface area (Å²) in [6, 6.07) is 0. The van der Waals surface area contributed by atoms with Crippen molar-refractivity contribution in [2.24, 2.45) is 0 Å². The van der Waals surface area contributed by atoms with Crippen LogP contribution in [0, 0.1) is 0 Å². The molecule has 0 amide bonds. The number of quaternary nitrogens is 2. The van der Waals surface area contributed by atoms with Crippen molar-refractivity contribution in [1.29, 1.82) is 0 Å². The number of hydrogen-bond donors (Lipinski definition) is 2. The van der Waals surface area contributed by atoms with Crippen LogP contribution in [0.25, 0.3) is 0 Å². The lowest BCUT2D eigenvalue weighted by molar-refractivity contribution is -0.361. The number of unbranched alkanes of at least 4 members (excludes halogenated alkanes) is 4. The van der Waals surface area contributed by atoms with Crippen LogP contribution in [0.4, 0.5) is 0 Å². The molecule has 0 bridgehead atoms. The van der Waals surface area contributed by atoms with Crippen molar-refractivity contribution in [3.8, 4) is 0 Å². The third-order valence-corrected chi connectivity index (χ3v) is 1.48. The van der Waals surface area contributed by atoms with Gasteiger partial charge >= 0.3 is 0 Å². The van der Waals surface area contributed by atoms with Gasteiger partial charge in [0.2, 0.25) is 0 Å². The van der Waals surface area contributed by atoms with Gasteiger partial charge < -0.3 is 27.3 Å². The molecule has 0 saturated heterocycles. The molecule has 16 heavy (non-hydrogen) atoms. The topological polar surface area (TPSA) is 136 Å². The van der Waals surface area contributed by atoms with Gasteiger partial charge in [0.05, 0.1) is 5.97 Å². The maximum absolute atomic E-state index is 9.89. The van der Waals surface area contributed by atoms with Gasteiger partial charge in [-0.15, -0.1) is 6.61 Å². The van der Waals surface area contributed by atoms with E-state index in [1.807, 2.05) is 0 Å². The highest BCUT2D eigenvalue weighted by molar-refractivity contribution is 5.77. The van der Waals surface area contributed by atoms with Crippen molar-refractivity contribution in [3.05, 3.63) is 12.2 Å². The number of allylic oxidation sites excluding steroid dienone is 1. The summed E-state index contributed by atoms with van der Waals surface area (Å²) in [5.41, 5.74) is 0. The van der Waals surface area contributed by atoms with E-state index < -0.39 is 5.97 Å². The molecule has 0 heterocycles. The fraction of sp³-hybridized carbons (Fsp3) is 0.727. The Morgan fingerprint density at radius 2 is 1.62 bits per heavy atom. The lowest BCUT2D eigenvalue weighted by Gasteiger charge is -1.94. The van der Waals surface area contributed by atoms with Gasteiger partial charge in [-0.05, 0) is 18.9 Å². The first-order chi connectivity index (χ1) is 6.68. The quantitative estimate of drug-likeness (QED) is 0.532. The summed E-state index contributed by atoms with van der Waals surface area (Å²) < 4.78 is 0. The highest BCUT2D eigenvalue weighted by Crippen LogP contribution is 2.02. The Balaban J connectivity index is -0.000000129. The molecule has 0 aromatic heterocycles. The second-order valence-corrected chi connectivity index (χ2v) is 2.86. The van der Waals surface area contributed by atoms with Gasteiger partial charge in [-0.2, -0.15) is 0 Å². The van der Waals surface area contributed by atoms with Crippen LogP contribution in [0.15, 0.2) is 12.2 Å². The van der Waals surface area contributed by atoms with Crippen molar-refractivity contribution in [2.45, 2.75) is 46.0 Å². The first-order valence-corrected chi connectivity index (χ1v) is 5.14. The molecule has 0 rings (SSSR count). The minimum absolute atomic E-state index is 0. The molecule has 0 aliphatic rings. The minimum Gasteiger partial charge on any atom is -0.855 e. The van der Waals surface area contributed by atoms with Crippen LogP contribution in [-0.2, 0) is 4.79 Å². The van der Waals surface area contributed by atoms with Crippen molar-refractivity contribution in [3.63, 3.8) is 0 Å². The van der Waals surface area contributed by atoms with E-state index in [2.05, 4.69) is 6.92 Å². The van der Waals surface area contributed by atoms with Gasteiger partial charge in [-0.1, -0.05) is 39.2 Å². The Hall–Kier alpha value is -0.910. The van der Waals surface area contributed by atoms with E-state index in [0.717, 1.165) is 18.9 Å². The standard InChI is InChI=1S/C9H16O2.C2H5O.2H3N/c1-2-3-4-5-6-7-8-9(10)11;1-2-3;;/h7-8H,2-6H2,1H3,(H,10,11);2H2,1H3;2*1H3/q;-1;;/p+1. The molecule has 0 aromatic carbocycles. The second-order valence-electron chi connectivity index (χ2n) is 2.86. The average Bonchev–Trinajstić information content (AvgIpc) is 2.12. The first kappa shape index (κ1) is 24.4. The molecule has 0 radical (unpaired) electrons. The molecule has 0 atom stereocenters. The van der Waals surface area contributed by atoms with Crippen LogP contribution >= 0.6 is 0 Å². The molecule has 0 aliphatic heterocycles. The minimum atomic E-state index is -1.10. The number of carboxylic acids is 1. The molecule has 100 valence electrons. The Kier molecular flexibility index (Phi) is 36.1. The number of hydrogen-bond acceptors (Lipinski definition) is 3. The van der Waals surface area contributed by atoms with E-state index in [9.17, 15) is 9.90 Å². The van der Waals surface area contributed by atoms with E-state index >= 15 is 0 Å². The van der Waals surface area contributed by atoms with Gasteiger partial charge in [-0.3, -0.25) is 0 Å². The third kappa shape index (κ3) is 38.1. The number of aliphatic carboxylic acids is 1. The van der Waals surface area contributed by atoms with Crippen LogP contribution in [0.5, 0.6) is 0 Å². The lowest BCUT2D eigenvalue weighted by Crippen LogP contribution is -2.18. The maximum Gasteiger partial charge on any atom is 0.0639 e. The Morgan fingerprint density at radius 3 is 2.00 bits per heavy atom. The SMILES string of the molecule is CCCCCCC=CC(=O)[O-].CC[O-].[NH4+].[NH4+]. The molecule has 0 aliphatic carbocycles. The van der Waals surface area contributed by atoms with Crippen molar-refractivity contribution >= 4 is 5.97 Å². The molecule has 5 nitrogen and oxygen atoms in total. The fourth-order valence-corrected chi connectivity index (χ4v) is 0.869. The zero-order valence-electron chi connectivity index (χ0n) is 11.1. The highest BCUT2D eigenvalue weighted by atomic mass is 16.4. The smallest absolute Gasteiger partial charge is 0.0639 e. The Morgan fingerprint density at radius 1 is 1.12 bits per heavy atom. The first-order valence-electron chi connectivity index (χ1n) is 5.14. The Bertz CT molecular complexity index is 150. The molecule has 0 spiro atoms. The zero-order valence-corrected chi connectivity index (χ0v) is 11.1. The van der Waals surface area contributed by atoms with Gasteiger partial charge in [0, 0.05) is 0 Å². The summed E-state index contributed by atoms with van der Waals surface area (Å²) >= 11 is 0. The summed E-state index contributed by atoms with van der Waals surface area (Å²) in [6.07, 6.45) is 8.33. The van der Waals surface area contributed by atoms with Crippen LogP contribution in [0.3, 0.4) is 0 Å². The van der Waals surface area contributed by atoms with Crippen molar-refractivity contribution < 1.29 is 15.0 Å². The van der Waals surface area contributed by atoms with Crippen molar-refractivity contribution in [2.75, 3.05) is 6.61 Å². The summed E-state index contributed by atoms with van der Waals surface area (Å²) in [7, 11) is 0. The summed E-state index contributed by atoms with van der Waals surface area (Å²) in [4.78, 5) is 9.89. The van der Waals surface area contributed by atoms with E-state index in [-0.39, 0.29) is 18.9 Å². The molecular formula is C11H28N2O3. The zero-order chi connectivity index (χ0) is 11.2. The van der Waals surface area contributed by atoms with Crippen LogP contribution in [0.1, 0.15) is 46.0 Å². The number of carbonyl (C=O) groups excluding carboxylic acids is 1. The van der Waals surface area contributed by atoms with E-state index in [1.165, 1.54) is 19.3 Å². The Labute approximate surface area is 98.7 Å². The van der Waals surface area contributed by atoms with Crippen LogP contribution < -0.4 is 22.5 Å². The summed E-state index contributed by atoms with van der Waals surface area (Å²) in [5.74, 6) is -1.10. The second kappa shape index (κ2) is 23.7. The van der Waals surface area contributed by atoms with Crippen LogP contribution in [-0.4, -0.2) is 12.6 Å².